The number of rotatable bonds is 3. The summed E-state index contributed by atoms with van der Waals surface area (Å²) >= 11 is 0. The molecule has 2 N–H and O–H groups in total. The lowest BCUT2D eigenvalue weighted by atomic mass is 9.99. The van der Waals surface area contributed by atoms with E-state index in [1.54, 1.807) is 13.0 Å². The second kappa shape index (κ2) is 6.71. The molecule has 0 radical (unpaired) electrons. The van der Waals surface area contributed by atoms with Gasteiger partial charge in [-0.1, -0.05) is 6.92 Å². The smallest absolute Gasteiger partial charge is 0.265 e. The zero-order valence-electron chi connectivity index (χ0n) is 14.5. The van der Waals surface area contributed by atoms with Crippen molar-refractivity contribution in [2.24, 2.45) is 5.92 Å². The molecule has 1 saturated heterocycles. The largest absolute Gasteiger partial charge is 0.479 e. The van der Waals surface area contributed by atoms with Crippen LogP contribution in [0.25, 0.3) is 0 Å². The van der Waals surface area contributed by atoms with Gasteiger partial charge in [-0.05, 0) is 50.8 Å². The number of ether oxygens (including phenoxy) is 1. The summed E-state index contributed by atoms with van der Waals surface area (Å²) in [4.78, 5) is 26.2. The van der Waals surface area contributed by atoms with Crippen molar-refractivity contribution >= 4 is 23.2 Å². The molecule has 1 aromatic carbocycles. The molecule has 0 saturated carbocycles. The summed E-state index contributed by atoms with van der Waals surface area (Å²) in [6, 6.07) is 5.18. The highest BCUT2D eigenvalue weighted by atomic mass is 16.5. The minimum Gasteiger partial charge on any atom is -0.479 e. The molecule has 3 rings (SSSR count). The van der Waals surface area contributed by atoms with Crippen LogP contribution in [0.5, 0.6) is 5.75 Å². The third-order valence-corrected chi connectivity index (χ3v) is 4.76. The van der Waals surface area contributed by atoms with Gasteiger partial charge in [0.25, 0.3) is 5.91 Å². The van der Waals surface area contributed by atoms with Crippen molar-refractivity contribution in [2.45, 2.75) is 45.8 Å². The molecule has 0 bridgehead atoms. The van der Waals surface area contributed by atoms with Crippen LogP contribution in [-0.2, 0) is 9.59 Å². The summed E-state index contributed by atoms with van der Waals surface area (Å²) in [5.74, 6) is 1.31. The summed E-state index contributed by atoms with van der Waals surface area (Å²) < 4.78 is 5.54. The Morgan fingerprint density at radius 3 is 2.75 bits per heavy atom. The second-order valence-corrected chi connectivity index (χ2v) is 6.83. The van der Waals surface area contributed by atoms with Crippen LogP contribution in [0, 0.1) is 5.92 Å². The fourth-order valence-corrected chi connectivity index (χ4v) is 3.11. The molecule has 24 heavy (non-hydrogen) atoms. The molecule has 2 heterocycles. The van der Waals surface area contributed by atoms with E-state index in [0.29, 0.717) is 17.4 Å². The van der Waals surface area contributed by atoms with Crippen molar-refractivity contribution in [2.75, 3.05) is 23.7 Å². The number of likely N-dealkylation sites (tertiary alicyclic amines) is 1. The fraction of sp³-hybridized carbons (Fsp3) is 0.556. The average Bonchev–Trinajstić information content (AvgIpc) is 2.56. The van der Waals surface area contributed by atoms with Crippen LogP contribution in [0.2, 0.25) is 0 Å². The van der Waals surface area contributed by atoms with Gasteiger partial charge >= 0.3 is 0 Å². The van der Waals surface area contributed by atoms with Gasteiger partial charge < -0.3 is 20.3 Å². The van der Waals surface area contributed by atoms with E-state index in [0.717, 1.165) is 31.6 Å². The maximum absolute atomic E-state index is 12.6. The number of hydrogen-bond donors (Lipinski definition) is 2. The van der Waals surface area contributed by atoms with Gasteiger partial charge in [0.1, 0.15) is 11.8 Å². The first-order valence-electron chi connectivity index (χ1n) is 8.61. The van der Waals surface area contributed by atoms with Crippen LogP contribution in [0.4, 0.5) is 11.4 Å². The summed E-state index contributed by atoms with van der Waals surface area (Å²) in [5, 5.41) is 6.05. The Morgan fingerprint density at radius 2 is 2.04 bits per heavy atom. The van der Waals surface area contributed by atoms with E-state index in [2.05, 4.69) is 17.6 Å². The fourth-order valence-electron chi connectivity index (χ4n) is 3.11. The van der Waals surface area contributed by atoms with Crippen molar-refractivity contribution in [3.05, 3.63) is 18.2 Å². The van der Waals surface area contributed by atoms with Crippen LogP contribution in [0.15, 0.2) is 18.2 Å². The average molecular weight is 331 g/mol. The highest BCUT2D eigenvalue weighted by Gasteiger charge is 2.26. The maximum atomic E-state index is 12.6. The van der Waals surface area contributed by atoms with E-state index < -0.39 is 6.10 Å². The first kappa shape index (κ1) is 16.6. The molecular weight excluding hydrogens is 306 g/mol. The number of hydrogen-bond acceptors (Lipinski definition) is 4. The number of nitrogens with one attached hydrogen (secondary N) is 2. The van der Waals surface area contributed by atoms with Crippen LogP contribution in [0.3, 0.4) is 0 Å². The summed E-state index contributed by atoms with van der Waals surface area (Å²) in [7, 11) is 0. The molecule has 0 aliphatic carbocycles. The van der Waals surface area contributed by atoms with E-state index in [1.807, 2.05) is 24.0 Å². The predicted molar refractivity (Wildman–Crippen MR) is 93.2 cm³/mol. The minimum atomic E-state index is -0.488. The number of anilines is 2. The molecule has 2 aliphatic heterocycles. The number of carbonyl (C=O) groups excluding carboxylic acids is 2. The second-order valence-electron chi connectivity index (χ2n) is 6.83. The van der Waals surface area contributed by atoms with Gasteiger partial charge in [0, 0.05) is 18.8 Å². The predicted octanol–water partition coefficient (Wildman–Crippen LogP) is 2.46. The van der Waals surface area contributed by atoms with Crippen LogP contribution in [-0.4, -0.2) is 41.9 Å². The zero-order valence-corrected chi connectivity index (χ0v) is 14.5. The van der Waals surface area contributed by atoms with Gasteiger partial charge in [-0.25, -0.2) is 0 Å². The lowest BCUT2D eigenvalue weighted by Crippen LogP contribution is -2.45. The van der Waals surface area contributed by atoms with Gasteiger partial charge in [-0.2, -0.15) is 0 Å². The standard InChI is InChI=1S/C18H25N3O3/c1-11-6-8-21(9-7-11)18(23)12(2)19-14-4-5-16-15(10-14)20-17(22)13(3)24-16/h4-5,10-13,19H,6-9H2,1-3H3,(H,20,22)/t12-,13-/m0/s1. The summed E-state index contributed by atoms with van der Waals surface area (Å²) in [6.45, 7) is 7.48. The highest BCUT2D eigenvalue weighted by molar-refractivity contribution is 5.98. The summed E-state index contributed by atoms with van der Waals surface area (Å²) in [6.07, 6.45) is 1.65. The molecule has 2 atom stereocenters. The quantitative estimate of drug-likeness (QED) is 0.892. The van der Waals surface area contributed by atoms with Crippen molar-refractivity contribution in [3.63, 3.8) is 0 Å². The van der Waals surface area contributed by atoms with Gasteiger partial charge in [-0.15, -0.1) is 0 Å². The molecule has 6 nitrogen and oxygen atoms in total. The zero-order chi connectivity index (χ0) is 17.3. The van der Waals surface area contributed by atoms with Crippen molar-refractivity contribution in [1.29, 1.82) is 0 Å². The first-order valence-corrected chi connectivity index (χ1v) is 8.61. The number of nitrogens with zero attached hydrogens (tertiary/aromatic N) is 1. The summed E-state index contributed by atoms with van der Waals surface area (Å²) in [5.41, 5.74) is 1.42. The Morgan fingerprint density at radius 1 is 1.33 bits per heavy atom. The maximum Gasteiger partial charge on any atom is 0.265 e. The molecule has 2 amide bonds. The van der Waals surface area contributed by atoms with Gasteiger partial charge in [-0.3, -0.25) is 9.59 Å². The molecular formula is C18H25N3O3. The topological polar surface area (TPSA) is 70.7 Å². The molecule has 130 valence electrons. The van der Waals surface area contributed by atoms with E-state index in [4.69, 9.17) is 4.74 Å². The SMILES string of the molecule is CC1CCN(C(=O)[C@H](C)Nc2ccc3c(c2)NC(=O)[C@H](C)O3)CC1. The lowest BCUT2D eigenvalue weighted by Gasteiger charge is -2.32. The van der Waals surface area contributed by atoms with Crippen molar-refractivity contribution in [1.82, 2.24) is 4.90 Å². The Hall–Kier alpha value is -2.24. The van der Waals surface area contributed by atoms with Crippen molar-refractivity contribution < 1.29 is 14.3 Å². The van der Waals surface area contributed by atoms with E-state index >= 15 is 0 Å². The number of fused-ring (bicyclic) bond motifs is 1. The number of piperidine rings is 1. The minimum absolute atomic E-state index is 0.119. The Balaban J connectivity index is 1.64. The van der Waals surface area contributed by atoms with Gasteiger partial charge in [0.05, 0.1) is 5.69 Å². The van der Waals surface area contributed by atoms with Crippen LogP contribution < -0.4 is 15.4 Å². The van der Waals surface area contributed by atoms with Crippen LogP contribution in [0.1, 0.15) is 33.6 Å². The van der Waals surface area contributed by atoms with Gasteiger partial charge in [0.15, 0.2) is 6.10 Å². The third-order valence-electron chi connectivity index (χ3n) is 4.76. The Kier molecular flexibility index (Phi) is 4.64. The molecule has 6 heteroatoms. The molecule has 2 aliphatic rings. The Bertz CT molecular complexity index is 638. The number of benzene rings is 1. The molecule has 0 aromatic heterocycles. The highest BCUT2D eigenvalue weighted by Crippen LogP contribution is 2.32. The first-order chi connectivity index (χ1) is 11.4. The Labute approximate surface area is 142 Å². The number of carbonyl (C=O) groups is 2. The van der Waals surface area contributed by atoms with E-state index in [-0.39, 0.29) is 17.9 Å². The van der Waals surface area contributed by atoms with Crippen molar-refractivity contribution in [3.8, 4) is 5.75 Å². The molecule has 0 spiro atoms. The van der Waals surface area contributed by atoms with E-state index in [1.165, 1.54) is 0 Å². The van der Waals surface area contributed by atoms with E-state index in [9.17, 15) is 9.59 Å². The molecule has 1 aromatic rings. The normalized spacial score (nSPS) is 22.2. The number of amides is 2. The molecule has 1 fully saturated rings. The third kappa shape index (κ3) is 3.47. The lowest BCUT2D eigenvalue weighted by molar-refractivity contribution is -0.133. The molecule has 0 unspecified atom stereocenters. The monoisotopic (exact) mass is 331 g/mol. The van der Waals surface area contributed by atoms with Gasteiger partial charge in [0.2, 0.25) is 5.91 Å². The van der Waals surface area contributed by atoms with Crippen LogP contribution >= 0.6 is 0 Å².